The van der Waals surface area contributed by atoms with E-state index in [4.69, 9.17) is 9.47 Å². The molecule has 4 aromatic rings. The molecule has 0 N–H and O–H groups in total. The lowest BCUT2D eigenvalue weighted by Crippen LogP contribution is -2.35. The molecule has 5 rings (SSSR count). The Hall–Kier alpha value is -2.48. The molecule has 3 heterocycles. The number of nitrogens with zero attached hydrogens (tertiary/aromatic N) is 3. The van der Waals surface area contributed by atoms with Gasteiger partial charge in [-0.25, -0.2) is 9.37 Å². The zero-order chi connectivity index (χ0) is 19.8. The molecule has 1 fully saturated rings. The number of benzene rings is 2. The van der Waals surface area contributed by atoms with E-state index < -0.39 is 5.60 Å². The summed E-state index contributed by atoms with van der Waals surface area (Å²) in [5.74, 6) is -0.257. The molecular weight excluding hydrogens is 389 g/mol. The highest BCUT2D eigenvalue weighted by atomic mass is 32.2. The maximum atomic E-state index is 14.5. The number of imidazole rings is 1. The van der Waals surface area contributed by atoms with Crippen LogP contribution in [0.15, 0.2) is 64.8 Å². The predicted octanol–water partition coefficient (Wildman–Crippen LogP) is 4.82. The van der Waals surface area contributed by atoms with Gasteiger partial charge in [-0.3, -0.25) is 9.38 Å². The monoisotopic (exact) mass is 409 g/mol. The topological polar surface area (TPSA) is 48.7 Å². The summed E-state index contributed by atoms with van der Waals surface area (Å²) < 4.78 is 27.8. The minimum atomic E-state index is -0.492. The van der Waals surface area contributed by atoms with E-state index in [0.717, 1.165) is 44.9 Å². The van der Waals surface area contributed by atoms with Gasteiger partial charge in [0.1, 0.15) is 5.82 Å². The first-order chi connectivity index (χ1) is 14.2. The Morgan fingerprint density at radius 1 is 1.10 bits per heavy atom. The summed E-state index contributed by atoms with van der Waals surface area (Å²) in [4.78, 5) is 10.6. The fourth-order valence-electron chi connectivity index (χ4n) is 3.95. The van der Waals surface area contributed by atoms with Crippen LogP contribution in [0.25, 0.3) is 16.7 Å². The molecule has 29 heavy (non-hydrogen) atoms. The van der Waals surface area contributed by atoms with Crippen LogP contribution in [-0.4, -0.2) is 34.7 Å². The van der Waals surface area contributed by atoms with Crippen molar-refractivity contribution in [2.75, 3.05) is 20.3 Å². The molecule has 0 radical (unpaired) electrons. The SMILES string of the molecule is COC1(c2cc(F)cc(Sc3ccc4c(c3)ncc3nccn34)c2)CCOCC1. The third kappa shape index (κ3) is 3.39. The fraction of sp³-hybridized carbons (Fsp3) is 0.273. The standard InChI is InChI=1S/C22H20FN3O2S/c1-27-22(4-8-28-9-5-22)15-10-16(23)12-18(11-15)29-17-2-3-20-19(13-17)25-14-21-24-6-7-26(20)21/h2-3,6-7,10-14H,4-5,8-9H2,1H3. The molecule has 2 aromatic heterocycles. The van der Waals surface area contributed by atoms with Gasteiger partial charge < -0.3 is 9.47 Å². The molecule has 2 aromatic carbocycles. The molecule has 1 aliphatic rings. The number of hydrogen-bond donors (Lipinski definition) is 0. The van der Waals surface area contributed by atoms with Crippen LogP contribution < -0.4 is 0 Å². The van der Waals surface area contributed by atoms with Gasteiger partial charge in [-0.15, -0.1) is 0 Å². The summed E-state index contributed by atoms with van der Waals surface area (Å²) in [6.07, 6.45) is 6.87. The number of methoxy groups -OCH3 is 1. The first-order valence-corrected chi connectivity index (χ1v) is 10.3. The third-order valence-electron chi connectivity index (χ3n) is 5.52. The Bertz CT molecular complexity index is 1190. The van der Waals surface area contributed by atoms with Crippen LogP contribution in [-0.2, 0) is 15.1 Å². The lowest BCUT2D eigenvalue weighted by Gasteiger charge is -2.36. The van der Waals surface area contributed by atoms with Crippen molar-refractivity contribution in [1.29, 1.82) is 0 Å². The van der Waals surface area contributed by atoms with Gasteiger partial charge in [0.15, 0.2) is 5.65 Å². The van der Waals surface area contributed by atoms with Crippen LogP contribution in [0.1, 0.15) is 18.4 Å². The number of ether oxygens (including phenoxy) is 2. The summed E-state index contributed by atoms with van der Waals surface area (Å²) in [5, 5.41) is 0. The number of hydrogen-bond acceptors (Lipinski definition) is 5. The Morgan fingerprint density at radius 3 is 2.79 bits per heavy atom. The van der Waals surface area contributed by atoms with Gasteiger partial charge in [0.2, 0.25) is 0 Å². The second-order valence-electron chi connectivity index (χ2n) is 7.15. The van der Waals surface area contributed by atoms with Crippen molar-refractivity contribution in [2.24, 2.45) is 0 Å². The van der Waals surface area contributed by atoms with Crippen LogP contribution in [0, 0.1) is 5.82 Å². The van der Waals surface area contributed by atoms with Crippen molar-refractivity contribution in [1.82, 2.24) is 14.4 Å². The van der Waals surface area contributed by atoms with Gasteiger partial charge in [0, 0.05) is 55.3 Å². The van der Waals surface area contributed by atoms with Gasteiger partial charge in [-0.2, -0.15) is 0 Å². The Labute approximate surface area is 171 Å². The van der Waals surface area contributed by atoms with Gasteiger partial charge >= 0.3 is 0 Å². The van der Waals surface area contributed by atoms with Crippen LogP contribution in [0.4, 0.5) is 4.39 Å². The first-order valence-electron chi connectivity index (χ1n) is 9.51. The molecule has 0 aliphatic carbocycles. The highest BCUT2D eigenvalue weighted by Gasteiger charge is 2.35. The molecular formula is C22H20FN3O2S. The van der Waals surface area contributed by atoms with Gasteiger partial charge in [0.25, 0.3) is 0 Å². The molecule has 0 saturated carbocycles. The zero-order valence-corrected chi connectivity index (χ0v) is 16.8. The van der Waals surface area contributed by atoms with Crippen molar-refractivity contribution in [3.8, 4) is 0 Å². The molecule has 0 bridgehead atoms. The number of fused-ring (bicyclic) bond motifs is 3. The van der Waals surface area contributed by atoms with E-state index in [1.165, 1.54) is 11.8 Å². The molecule has 0 atom stereocenters. The van der Waals surface area contributed by atoms with Crippen molar-refractivity contribution in [3.63, 3.8) is 0 Å². The Balaban J connectivity index is 1.50. The normalized spacial score (nSPS) is 16.5. The van der Waals surface area contributed by atoms with E-state index in [1.54, 1.807) is 31.6 Å². The fourth-order valence-corrected chi connectivity index (χ4v) is 4.88. The van der Waals surface area contributed by atoms with Gasteiger partial charge in [-0.1, -0.05) is 11.8 Å². The summed E-state index contributed by atoms with van der Waals surface area (Å²) in [7, 11) is 1.69. The third-order valence-corrected chi connectivity index (χ3v) is 6.48. The van der Waals surface area contributed by atoms with E-state index >= 15 is 0 Å². The number of halogens is 1. The van der Waals surface area contributed by atoms with Crippen molar-refractivity contribution >= 4 is 28.4 Å². The van der Waals surface area contributed by atoms with Gasteiger partial charge in [0.05, 0.1) is 22.8 Å². The first kappa shape index (κ1) is 18.5. The summed E-state index contributed by atoms with van der Waals surface area (Å²) in [6, 6.07) is 11.2. The highest BCUT2D eigenvalue weighted by Crippen LogP contribution is 2.39. The van der Waals surface area contributed by atoms with E-state index in [-0.39, 0.29) is 5.82 Å². The van der Waals surface area contributed by atoms with E-state index in [0.29, 0.717) is 13.2 Å². The van der Waals surface area contributed by atoms with Crippen LogP contribution in [0.5, 0.6) is 0 Å². The van der Waals surface area contributed by atoms with Crippen LogP contribution in [0.2, 0.25) is 0 Å². The quantitative estimate of drug-likeness (QED) is 0.483. The van der Waals surface area contributed by atoms with Crippen molar-refractivity contribution < 1.29 is 13.9 Å². The maximum absolute atomic E-state index is 14.5. The van der Waals surface area contributed by atoms with Crippen LogP contribution >= 0.6 is 11.8 Å². The van der Waals surface area contributed by atoms with Crippen molar-refractivity contribution in [2.45, 2.75) is 28.2 Å². The number of aromatic nitrogens is 3. The molecule has 148 valence electrons. The molecule has 0 spiro atoms. The minimum Gasteiger partial charge on any atom is -0.381 e. The Kier molecular flexibility index (Phi) is 4.73. The van der Waals surface area contributed by atoms with Crippen molar-refractivity contribution in [3.05, 3.63) is 66.4 Å². The van der Waals surface area contributed by atoms with E-state index in [1.807, 2.05) is 34.9 Å². The molecule has 1 aliphatic heterocycles. The lowest BCUT2D eigenvalue weighted by molar-refractivity contribution is -0.0950. The molecule has 0 amide bonds. The minimum absolute atomic E-state index is 0.257. The smallest absolute Gasteiger partial charge is 0.155 e. The average molecular weight is 409 g/mol. The van der Waals surface area contributed by atoms with Crippen LogP contribution in [0.3, 0.4) is 0 Å². The Morgan fingerprint density at radius 2 is 1.97 bits per heavy atom. The second kappa shape index (κ2) is 7.40. The highest BCUT2D eigenvalue weighted by molar-refractivity contribution is 7.99. The molecule has 7 heteroatoms. The maximum Gasteiger partial charge on any atom is 0.155 e. The largest absolute Gasteiger partial charge is 0.381 e. The summed E-state index contributed by atoms with van der Waals surface area (Å²) >= 11 is 1.52. The summed E-state index contributed by atoms with van der Waals surface area (Å²) in [6.45, 7) is 1.23. The number of rotatable bonds is 4. The van der Waals surface area contributed by atoms with E-state index in [9.17, 15) is 4.39 Å². The second-order valence-corrected chi connectivity index (χ2v) is 8.30. The molecule has 5 nitrogen and oxygen atoms in total. The predicted molar refractivity (Wildman–Crippen MR) is 110 cm³/mol. The molecule has 1 saturated heterocycles. The van der Waals surface area contributed by atoms with E-state index in [2.05, 4.69) is 9.97 Å². The average Bonchev–Trinajstić information content (AvgIpc) is 3.23. The summed E-state index contributed by atoms with van der Waals surface area (Å²) in [5.41, 5.74) is 3.05. The molecule has 0 unspecified atom stereocenters. The zero-order valence-electron chi connectivity index (χ0n) is 16.0. The lowest BCUT2D eigenvalue weighted by atomic mass is 9.86. The van der Waals surface area contributed by atoms with Gasteiger partial charge in [-0.05, 0) is 42.0 Å².